The molecule has 0 heterocycles. The predicted octanol–water partition coefficient (Wildman–Crippen LogP) is 3.05. The van der Waals surface area contributed by atoms with Gasteiger partial charge in [0.05, 0.1) is 4.47 Å². The Balaban J connectivity index is 2.53. The fourth-order valence-electron chi connectivity index (χ4n) is 1.32. The van der Waals surface area contributed by atoms with Crippen molar-refractivity contribution < 1.29 is 9.53 Å². The molecule has 0 bridgehead atoms. The van der Waals surface area contributed by atoms with Gasteiger partial charge in [-0.05, 0) is 61.3 Å². The van der Waals surface area contributed by atoms with Gasteiger partial charge in [-0.1, -0.05) is 6.07 Å². The summed E-state index contributed by atoms with van der Waals surface area (Å²) in [6.45, 7) is 7.84. The summed E-state index contributed by atoms with van der Waals surface area (Å²) in [5.41, 5.74) is 0.911. The summed E-state index contributed by atoms with van der Waals surface area (Å²) in [6, 6.07) is 5.75. The third kappa shape index (κ3) is 5.22. The van der Waals surface area contributed by atoms with E-state index in [2.05, 4.69) is 21.2 Å². The number of carbonyl (C=O) groups excluding carboxylic acids is 1. The Morgan fingerprint density at radius 1 is 1.41 bits per heavy atom. The van der Waals surface area contributed by atoms with E-state index in [0.717, 1.165) is 10.0 Å². The molecular formula is C13H18BrNO2. The number of carbonyl (C=O) groups is 1. The van der Waals surface area contributed by atoms with Gasteiger partial charge in [0.1, 0.15) is 5.75 Å². The molecule has 0 spiro atoms. The van der Waals surface area contributed by atoms with E-state index in [1.807, 2.05) is 45.9 Å². The first-order valence-corrected chi connectivity index (χ1v) is 6.27. The molecule has 4 heteroatoms. The van der Waals surface area contributed by atoms with Crippen LogP contribution in [0.2, 0.25) is 0 Å². The average molecular weight is 300 g/mol. The number of hydrogen-bond donors (Lipinski definition) is 1. The molecule has 1 aromatic rings. The molecule has 1 N–H and O–H groups in total. The zero-order chi connectivity index (χ0) is 13.1. The molecule has 0 aliphatic heterocycles. The number of nitrogens with one attached hydrogen (secondary N) is 1. The molecule has 0 aliphatic rings. The highest BCUT2D eigenvalue weighted by Gasteiger charge is 2.14. The molecule has 94 valence electrons. The van der Waals surface area contributed by atoms with Gasteiger partial charge in [-0.15, -0.1) is 0 Å². The maximum atomic E-state index is 11.6. The Hall–Kier alpha value is -1.03. The summed E-state index contributed by atoms with van der Waals surface area (Å²) in [5, 5.41) is 2.84. The second-order valence-electron chi connectivity index (χ2n) is 5.02. The Morgan fingerprint density at radius 3 is 2.59 bits per heavy atom. The molecule has 0 saturated carbocycles. The molecule has 1 rings (SSSR count). The molecule has 1 aromatic carbocycles. The van der Waals surface area contributed by atoms with Crippen LogP contribution in [-0.4, -0.2) is 18.1 Å². The zero-order valence-electron chi connectivity index (χ0n) is 10.6. The van der Waals surface area contributed by atoms with Crippen molar-refractivity contribution in [2.24, 2.45) is 0 Å². The van der Waals surface area contributed by atoms with Crippen LogP contribution in [0.5, 0.6) is 5.75 Å². The fraction of sp³-hybridized carbons (Fsp3) is 0.462. The maximum Gasteiger partial charge on any atom is 0.258 e. The molecule has 17 heavy (non-hydrogen) atoms. The van der Waals surface area contributed by atoms with E-state index in [4.69, 9.17) is 4.74 Å². The summed E-state index contributed by atoms with van der Waals surface area (Å²) in [4.78, 5) is 11.6. The molecule has 0 fully saturated rings. The van der Waals surface area contributed by atoms with Crippen LogP contribution in [0.3, 0.4) is 0 Å². The van der Waals surface area contributed by atoms with Crippen molar-refractivity contribution >= 4 is 21.8 Å². The van der Waals surface area contributed by atoms with Crippen LogP contribution >= 0.6 is 15.9 Å². The fourth-order valence-corrected chi connectivity index (χ4v) is 1.93. The molecule has 0 aliphatic carbocycles. The lowest BCUT2D eigenvalue weighted by atomic mass is 10.1. The minimum absolute atomic E-state index is 0.0267. The van der Waals surface area contributed by atoms with Crippen LogP contribution in [-0.2, 0) is 4.79 Å². The predicted molar refractivity (Wildman–Crippen MR) is 72.3 cm³/mol. The van der Waals surface area contributed by atoms with Gasteiger partial charge in [0.25, 0.3) is 5.91 Å². The van der Waals surface area contributed by atoms with Crippen LogP contribution in [0.4, 0.5) is 0 Å². The molecule has 0 unspecified atom stereocenters. The minimum atomic E-state index is -0.231. The van der Waals surface area contributed by atoms with Crippen LogP contribution < -0.4 is 10.1 Å². The second kappa shape index (κ2) is 5.54. The van der Waals surface area contributed by atoms with Crippen LogP contribution in [0.25, 0.3) is 0 Å². The Labute approximate surface area is 111 Å². The maximum absolute atomic E-state index is 11.6. The third-order valence-corrected chi connectivity index (χ3v) is 2.58. The van der Waals surface area contributed by atoms with Crippen LogP contribution in [0.15, 0.2) is 22.7 Å². The van der Waals surface area contributed by atoms with E-state index in [-0.39, 0.29) is 18.1 Å². The highest BCUT2D eigenvalue weighted by atomic mass is 79.9. The highest BCUT2D eigenvalue weighted by molar-refractivity contribution is 9.10. The number of hydrogen-bond acceptors (Lipinski definition) is 2. The van der Waals surface area contributed by atoms with Gasteiger partial charge in [-0.25, -0.2) is 0 Å². The van der Waals surface area contributed by atoms with E-state index in [0.29, 0.717) is 5.75 Å². The summed E-state index contributed by atoms with van der Waals surface area (Å²) < 4.78 is 6.30. The molecule has 3 nitrogen and oxygen atoms in total. The lowest BCUT2D eigenvalue weighted by Crippen LogP contribution is -2.43. The quantitative estimate of drug-likeness (QED) is 0.931. The lowest BCUT2D eigenvalue weighted by molar-refractivity contribution is -0.124. The SMILES string of the molecule is Cc1ccc(OCC(=O)NC(C)(C)C)c(Br)c1. The Kier molecular flexibility index (Phi) is 4.57. The van der Waals surface area contributed by atoms with Crippen molar-refractivity contribution in [3.05, 3.63) is 28.2 Å². The van der Waals surface area contributed by atoms with E-state index < -0.39 is 0 Å². The van der Waals surface area contributed by atoms with Gasteiger partial charge >= 0.3 is 0 Å². The highest BCUT2D eigenvalue weighted by Crippen LogP contribution is 2.25. The van der Waals surface area contributed by atoms with Crippen molar-refractivity contribution in [3.8, 4) is 5.75 Å². The lowest BCUT2D eigenvalue weighted by Gasteiger charge is -2.20. The van der Waals surface area contributed by atoms with Gasteiger partial charge in [0, 0.05) is 5.54 Å². The van der Waals surface area contributed by atoms with E-state index in [1.165, 1.54) is 0 Å². The topological polar surface area (TPSA) is 38.3 Å². The van der Waals surface area contributed by atoms with Crippen molar-refractivity contribution in [2.75, 3.05) is 6.61 Å². The normalized spacial score (nSPS) is 11.1. The number of benzene rings is 1. The number of rotatable bonds is 3. The first kappa shape index (κ1) is 14.0. The molecule has 0 radical (unpaired) electrons. The smallest absolute Gasteiger partial charge is 0.258 e. The molecule has 0 atom stereocenters. The van der Waals surface area contributed by atoms with Crippen molar-refractivity contribution in [2.45, 2.75) is 33.2 Å². The first-order valence-electron chi connectivity index (χ1n) is 5.48. The van der Waals surface area contributed by atoms with Crippen LogP contribution in [0, 0.1) is 6.92 Å². The van der Waals surface area contributed by atoms with Crippen molar-refractivity contribution in [1.29, 1.82) is 0 Å². The van der Waals surface area contributed by atoms with Crippen LogP contribution in [0.1, 0.15) is 26.3 Å². The standard InChI is InChI=1S/C13H18BrNO2/c1-9-5-6-11(10(14)7-9)17-8-12(16)15-13(2,3)4/h5-7H,8H2,1-4H3,(H,15,16). The van der Waals surface area contributed by atoms with Gasteiger partial charge < -0.3 is 10.1 Å². The van der Waals surface area contributed by atoms with Crippen molar-refractivity contribution in [3.63, 3.8) is 0 Å². The van der Waals surface area contributed by atoms with E-state index >= 15 is 0 Å². The largest absolute Gasteiger partial charge is 0.483 e. The summed E-state index contributed by atoms with van der Waals surface area (Å²) in [7, 11) is 0. The molecule has 0 saturated heterocycles. The monoisotopic (exact) mass is 299 g/mol. The van der Waals surface area contributed by atoms with Crippen molar-refractivity contribution in [1.82, 2.24) is 5.32 Å². The third-order valence-electron chi connectivity index (χ3n) is 1.96. The van der Waals surface area contributed by atoms with Gasteiger partial charge in [0.15, 0.2) is 6.61 Å². The summed E-state index contributed by atoms with van der Waals surface area (Å²) in [6.07, 6.45) is 0. The zero-order valence-corrected chi connectivity index (χ0v) is 12.2. The summed E-state index contributed by atoms with van der Waals surface area (Å²) >= 11 is 3.40. The van der Waals surface area contributed by atoms with Gasteiger partial charge in [0.2, 0.25) is 0 Å². The Bertz CT molecular complexity index is 410. The van der Waals surface area contributed by atoms with E-state index in [9.17, 15) is 4.79 Å². The first-order chi connectivity index (χ1) is 7.78. The number of amides is 1. The second-order valence-corrected chi connectivity index (χ2v) is 5.88. The summed E-state index contributed by atoms with van der Waals surface area (Å²) in [5.74, 6) is 0.560. The number of ether oxygens (including phenoxy) is 1. The van der Waals surface area contributed by atoms with Gasteiger partial charge in [-0.3, -0.25) is 4.79 Å². The minimum Gasteiger partial charge on any atom is -0.483 e. The molecule has 0 aromatic heterocycles. The molecular weight excluding hydrogens is 282 g/mol. The van der Waals surface area contributed by atoms with E-state index in [1.54, 1.807) is 0 Å². The van der Waals surface area contributed by atoms with Gasteiger partial charge in [-0.2, -0.15) is 0 Å². The molecule has 1 amide bonds. The number of halogens is 1. The number of aryl methyl sites for hydroxylation is 1. The average Bonchev–Trinajstić information content (AvgIpc) is 2.13. The Morgan fingerprint density at radius 2 is 2.06 bits per heavy atom.